The molecule has 0 aromatic heterocycles. The van der Waals surface area contributed by atoms with Crippen molar-refractivity contribution in [2.45, 2.75) is 25.5 Å². The Morgan fingerprint density at radius 1 is 1.37 bits per heavy atom. The average molecular weight is 262 g/mol. The van der Waals surface area contributed by atoms with Crippen LogP contribution in [0.3, 0.4) is 0 Å². The lowest BCUT2D eigenvalue weighted by Crippen LogP contribution is -2.29. The Kier molecular flexibility index (Phi) is 3.89. The van der Waals surface area contributed by atoms with Crippen LogP contribution in [-0.4, -0.2) is 44.4 Å². The van der Waals surface area contributed by atoms with Gasteiger partial charge in [-0.15, -0.1) is 0 Å². The minimum atomic E-state index is 0.406. The molecule has 0 amide bonds. The van der Waals surface area contributed by atoms with Crippen LogP contribution < -0.4 is 10.1 Å². The van der Waals surface area contributed by atoms with Crippen molar-refractivity contribution in [2.24, 2.45) is 0 Å². The SMILES string of the molecule is CN(Cc1cccc2c1OCCN2)CC1CCCO1. The van der Waals surface area contributed by atoms with E-state index in [9.17, 15) is 0 Å². The minimum Gasteiger partial charge on any atom is -0.489 e. The van der Waals surface area contributed by atoms with Gasteiger partial charge in [0.1, 0.15) is 12.4 Å². The first-order chi connectivity index (χ1) is 9.33. The van der Waals surface area contributed by atoms with Crippen LogP contribution in [0.2, 0.25) is 0 Å². The molecular formula is C15H22N2O2. The van der Waals surface area contributed by atoms with E-state index in [1.165, 1.54) is 18.4 Å². The van der Waals surface area contributed by atoms with Gasteiger partial charge in [0.2, 0.25) is 0 Å². The highest BCUT2D eigenvalue weighted by molar-refractivity contribution is 5.61. The van der Waals surface area contributed by atoms with Gasteiger partial charge in [0, 0.05) is 31.8 Å². The maximum atomic E-state index is 5.81. The molecule has 1 aromatic carbocycles. The molecule has 4 heteroatoms. The largest absolute Gasteiger partial charge is 0.489 e. The summed E-state index contributed by atoms with van der Waals surface area (Å²) in [6, 6.07) is 6.33. The maximum absolute atomic E-state index is 5.81. The molecule has 3 rings (SSSR count). The van der Waals surface area contributed by atoms with Crippen LogP contribution in [0, 0.1) is 0 Å². The van der Waals surface area contributed by atoms with Gasteiger partial charge in [0.15, 0.2) is 0 Å². The zero-order valence-corrected chi connectivity index (χ0v) is 11.5. The topological polar surface area (TPSA) is 33.7 Å². The van der Waals surface area contributed by atoms with Gasteiger partial charge in [-0.25, -0.2) is 0 Å². The second-order valence-corrected chi connectivity index (χ2v) is 5.40. The number of anilines is 1. The number of para-hydroxylation sites is 1. The van der Waals surface area contributed by atoms with Crippen LogP contribution in [0.5, 0.6) is 5.75 Å². The van der Waals surface area contributed by atoms with Crippen molar-refractivity contribution in [3.63, 3.8) is 0 Å². The fourth-order valence-corrected chi connectivity index (χ4v) is 2.85. The Hall–Kier alpha value is -1.26. The predicted octanol–water partition coefficient (Wildman–Crippen LogP) is 2.10. The molecule has 1 unspecified atom stereocenters. The number of fused-ring (bicyclic) bond motifs is 1. The summed E-state index contributed by atoms with van der Waals surface area (Å²) in [6.07, 6.45) is 2.80. The Morgan fingerprint density at radius 3 is 3.16 bits per heavy atom. The lowest BCUT2D eigenvalue weighted by atomic mass is 10.1. The summed E-state index contributed by atoms with van der Waals surface area (Å²) < 4.78 is 11.5. The highest BCUT2D eigenvalue weighted by Gasteiger charge is 2.19. The third-order valence-corrected chi connectivity index (χ3v) is 3.74. The maximum Gasteiger partial charge on any atom is 0.146 e. The molecule has 1 atom stereocenters. The van der Waals surface area contributed by atoms with E-state index in [4.69, 9.17) is 9.47 Å². The van der Waals surface area contributed by atoms with Crippen LogP contribution in [0.1, 0.15) is 18.4 Å². The number of rotatable bonds is 4. The Morgan fingerprint density at radius 2 is 2.32 bits per heavy atom. The second kappa shape index (κ2) is 5.80. The van der Waals surface area contributed by atoms with Crippen LogP contribution in [0.25, 0.3) is 0 Å². The zero-order chi connectivity index (χ0) is 13.1. The number of nitrogens with zero attached hydrogens (tertiary/aromatic N) is 1. The molecule has 2 aliphatic heterocycles. The first kappa shape index (κ1) is 12.8. The third kappa shape index (κ3) is 3.01. The van der Waals surface area contributed by atoms with E-state index < -0.39 is 0 Å². The van der Waals surface area contributed by atoms with Crippen LogP contribution >= 0.6 is 0 Å². The molecule has 104 valence electrons. The summed E-state index contributed by atoms with van der Waals surface area (Å²) in [5, 5.41) is 3.38. The lowest BCUT2D eigenvalue weighted by Gasteiger charge is -2.25. The molecule has 2 aliphatic rings. The van der Waals surface area contributed by atoms with E-state index in [1.807, 2.05) is 0 Å². The van der Waals surface area contributed by atoms with Crippen molar-refractivity contribution >= 4 is 5.69 Å². The molecule has 1 N–H and O–H groups in total. The summed E-state index contributed by atoms with van der Waals surface area (Å²) in [4.78, 5) is 2.32. The predicted molar refractivity (Wildman–Crippen MR) is 75.7 cm³/mol. The zero-order valence-electron chi connectivity index (χ0n) is 11.5. The number of hydrogen-bond acceptors (Lipinski definition) is 4. The van der Waals surface area contributed by atoms with Gasteiger partial charge < -0.3 is 14.8 Å². The first-order valence-corrected chi connectivity index (χ1v) is 7.11. The summed E-state index contributed by atoms with van der Waals surface area (Å²) >= 11 is 0. The number of benzene rings is 1. The molecular weight excluding hydrogens is 240 g/mol. The van der Waals surface area contributed by atoms with E-state index in [0.717, 1.165) is 44.3 Å². The molecule has 19 heavy (non-hydrogen) atoms. The van der Waals surface area contributed by atoms with Gasteiger partial charge in [-0.1, -0.05) is 12.1 Å². The average Bonchev–Trinajstić information content (AvgIpc) is 2.92. The molecule has 0 radical (unpaired) electrons. The molecule has 1 fully saturated rings. The molecule has 2 heterocycles. The van der Waals surface area contributed by atoms with Crippen molar-refractivity contribution < 1.29 is 9.47 Å². The Labute approximate surface area is 114 Å². The van der Waals surface area contributed by atoms with Gasteiger partial charge in [0.25, 0.3) is 0 Å². The Balaban J connectivity index is 1.65. The van der Waals surface area contributed by atoms with Crippen LogP contribution in [0.15, 0.2) is 18.2 Å². The first-order valence-electron chi connectivity index (χ1n) is 7.11. The smallest absolute Gasteiger partial charge is 0.146 e. The van der Waals surface area contributed by atoms with Gasteiger partial charge in [-0.05, 0) is 26.0 Å². The van der Waals surface area contributed by atoms with Gasteiger partial charge in [-0.3, -0.25) is 4.90 Å². The van der Waals surface area contributed by atoms with Crippen molar-refractivity contribution in [3.8, 4) is 5.75 Å². The van der Waals surface area contributed by atoms with Crippen molar-refractivity contribution in [1.29, 1.82) is 0 Å². The van der Waals surface area contributed by atoms with Crippen molar-refractivity contribution in [2.75, 3.05) is 38.7 Å². The van der Waals surface area contributed by atoms with E-state index in [1.54, 1.807) is 0 Å². The van der Waals surface area contributed by atoms with E-state index in [-0.39, 0.29) is 0 Å². The summed E-state index contributed by atoms with van der Waals surface area (Å²) in [5.41, 5.74) is 2.37. The van der Waals surface area contributed by atoms with Gasteiger partial charge in [-0.2, -0.15) is 0 Å². The van der Waals surface area contributed by atoms with E-state index >= 15 is 0 Å². The summed E-state index contributed by atoms with van der Waals surface area (Å²) in [6.45, 7) is 4.47. The van der Waals surface area contributed by atoms with Crippen LogP contribution in [-0.2, 0) is 11.3 Å². The highest BCUT2D eigenvalue weighted by Crippen LogP contribution is 2.31. The standard InChI is InChI=1S/C15H22N2O2/c1-17(11-13-5-3-8-18-13)10-12-4-2-6-14-15(12)19-9-7-16-14/h2,4,6,13,16H,3,5,7-11H2,1H3. The molecule has 0 bridgehead atoms. The number of nitrogens with one attached hydrogen (secondary N) is 1. The van der Waals surface area contributed by atoms with E-state index in [2.05, 4.69) is 35.5 Å². The number of ether oxygens (including phenoxy) is 2. The fourth-order valence-electron chi connectivity index (χ4n) is 2.85. The molecule has 1 saturated heterocycles. The number of likely N-dealkylation sites (N-methyl/N-ethyl adjacent to an activating group) is 1. The highest BCUT2D eigenvalue weighted by atomic mass is 16.5. The summed E-state index contributed by atoms with van der Waals surface area (Å²) in [5.74, 6) is 1.02. The van der Waals surface area contributed by atoms with E-state index in [0.29, 0.717) is 6.10 Å². The minimum absolute atomic E-state index is 0.406. The fraction of sp³-hybridized carbons (Fsp3) is 0.600. The van der Waals surface area contributed by atoms with Gasteiger partial charge in [0.05, 0.1) is 11.8 Å². The molecule has 4 nitrogen and oxygen atoms in total. The monoisotopic (exact) mass is 262 g/mol. The van der Waals surface area contributed by atoms with Crippen LogP contribution in [0.4, 0.5) is 5.69 Å². The molecule has 1 aromatic rings. The normalized spacial score (nSPS) is 21.9. The quantitative estimate of drug-likeness (QED) is 0.901. The molecule has 0 saturated carbocycles. The third-order valence-electron chi connectivity index (χ3n) is 3.74. The van der Waals surface area contributed by atoms with Crippen molar-refractivity contribution in [3.05, 3.63) is 23.8 Å². The van der Waals surface area contributed by atoms with Gasteiger partial charge >= 0.3 is 0 Å². The molecule has 0 spiro atoms. The second-order valence-electron chi connectivity index (χ2n) is 5.40. The number of hydrogen-bond donors (Lipinski definition) is 1. The van der Waals surface area contributed by atoms with Crippen molar-refractivity contribution in [1.82, 2.24) is 4.90 Å². The summed E-state index contributed by atoms with van der Waals surface area (Å²) in [7, 11) is 2.15. The molecule has 0 aliphatic carbocycles. The Bertz CT molecular complexity index is 430. The lowest BCUT2D eigenvalue weighted by molar-refractivity contribution is 0.0790.